The van der Waals surface area contributed by atoms with E-state index in [4.69, 9.17) is 9.47 Å². The van der Waals surface area contributed by atoms with Gasteiger partial charge in [0.1, 0.15) is 6.10 Å². The van der Waals surface area contributed by atoms with Crippen LogP contribution in [-0.4, -0.2) is 29.6 Å². The van der Waals surface area contributed by atoms with E-state index in [1.807, 2.05) is 0 Å². The minimum absolute atomic E-state index is 0.0152. The molecule has 1 saturated heterocycles. The lowest BCUT2D eigenvalue weighted by Crippen LogP contribution is -2.54. The highest BCUT2D eigenvalue weighted by Crippen LogP contribution is 2.73. The lowest BCUT2D eigenvalue weighted by Gasteiger charge is -2.58. The molecule has 0 radical (unpaired) electrons. The summed E-state index contributed by atoms with van der Waals surface area (Å²) in [5.74, 6) is 2.03. The number of allylic oxidation sites excluding steroid dienone is 1. The Morgan fingerprint density at radius 3 is 2.63 bits per heavy atom. The van der Waals surface area contributed by atoms with Gasteiger partial charge in [-0.3, -0.25) is 9.59 Å². The van der Waals surface area contributed by atoms with Gasteiger partial charge in [-0.1, -0.05) is 25.5 Å². The van der Waals surface area contributed by atoms with Crippen molar-refractivity contribution >= 4 is 11.8 Å². The number of rotatable bonds is 2. The Bertz CT molecular complexity index is 741. The monoisotopic (exact) mass is 372 g/mol. The van der Waals surface area contributed by atoms with Gasteiger partial charge in [0.05, 0.1) is 6.10 Å². The van der Waals surface area contributed by atoms with Crippen LogP contribution in [0.15, 0.2) is 11.6 Å². The molecule has 5 rings (SSSR count). The number of hydrogen-bond donors (Lipinski definition) is 0. The van der Waals surface area contributed by atoms with Gasteiger partial charge in [0.15, 0.2) is 11.4 Å². The Balaban J connectivity index is 1.43. The smallest absolute Gasteiger partial charge is 0.302 e. The van der Waals surface area contributed by atoms with Crippen LogP contribution in [0.5, 0.6) is 0 Å². The van der Waals surface area contributed by atoms with Crippen molar-refractivity contribution < 1.29 is 19.1 Å². The van der Waals surface area contributed by atoms with Gasteiger partial charge >= 0.3 is 5.97 Å². The molecule has 148 valence electrons. The van der Waals surface area contributed by atoms with Gasteiger partial charge in [0.2, 0.25) is 0 Å². The molecule has 0 aromatic heterocycles. The fraction of sp³-hybridized carbons (Fsp3) is 0.826. The topological polar surface area (TPSA) is 55.9 Å². The first-order valence-corrected chi connectivity index (χ1v) is 10.8. The molecule has 1 heterocycles. The molecule has 0 aromatic carbocycles. The normalized spacial score (nSPS) is 52.6. The maximum Gasteiger partial charge on any atom is 0.302 e. The summed E-state index contributed by atoms with van der Waals surface area (Å²) in [6, 6.07) is 0. The zero-order valence-electron chi connectivity index (χ0n) is 17.0. The van der Waals surface area contributed by atoms with Crippen LogP contribution in [-0.2, 0) is 19.1 Å². The summed E-state index contributed by atoms with van der Waals surface area (Å²) in [7, 11) is 0. The van der Waals surface area contributed by atoms with Gasteiger partial charge < -0.3 is 9.47 Å². The van der Waals surface area contributed by atoms with Crippen LogP contribution in [0.4, 0.5) is 0 Å². The molecule has 0 spiro atoms. The number of fused-ring (bicyclic) bond motifs is 7. The molecule has 4 aliphatic carbocycles. The summed E-state index contributed by atoms with van der Waals surface area (Å²) in [6.07, 6.45) is 10.1. The van der Waals surface area contributed by atoms with Crippen LogP contribution in [0.25, 0.3) is 0 Å². The molecule has 0 N–H and O–H groups in total. The van der Waals surface area contributed by atoms with Crippen molar-refractivity contribution in [3.63, 3.8) is 0 Å². The maximum atomic E-state index is 12.5. The van der Waals surface area contributed by atoms with Crippen LogP contribution in [0.1, 0.15) is 72.6 Å². The molecule has 5 aliphatic rings. The van der Waals surface area contributed by atoms with E-state index in [0.29, 0.717) is 17.8 Å². The highest BCUT2D eigenvalue weighted by Gasteiger charge is 2.79. The molecule has 4 nitrogen and oxygen atoms in total. The average molecular weight is 373 g/mol. The lowest BCUT2D eigenvalue weighted by atomic mass is 9.47. The Labute approximate surface area is 162 Å². The molecule has 4 heteroatoms. The molecule has 0 aromatic rings. The number of hydrogen-bond acceptors (Lipinski definition) is 4. The summed E-state index contributed by atoms with van der Waals surface area (Å²) < 4.78 is 11.6. The number of Topliss-reactive ketones (excluding diaryl/α,β-unsaturated/α-hetero) is 1. The van der Waals surface area contributed by atoms with E-state index in [2.05, 4.69) is 19.9 Å². The van der Waals surface area contributed by atoms with Crippen molar-refractivity contribution in [3.8, 4) is 0 Å². The standard InChI is InChI=1S/C23H32O4/c1-13(24)23-20(27-23)12-19-17-6-5-15-11-16(26-14(2)25)7-9-21(15,3)18(17)8-10-22(19,23)4/h5,16-20H,6-12H2,1-4H3/t16-,17-,18+,19+,20+,21+,22-,23+/m1/s1. The first-order valence-electron chi connectivity index (χ1n) is 10.8. The van der Waals surface area contributed by atoms with Gasteiger partial charge in [0.25, 0.3) is 0 Å². The second-order valence-electron chi connectivity index (χ2n) is 10.3. The minimum Gasteiger partial charge on any atom is -0.462 e. The number of epoxide rings is 1. The van der Waals surface area contributed by atoms with E-state index in [0.717, 1.165) is 38.5 Å². The fourth-order valence-corrected chi connectivity index (χ4v) is 8.03. The van der Waals surface area contributed by atoms with Crippen LogP contribution in [0, 0.1) is 28.6 Å². The molecule has 27 heavy (non-hydrogen) atoms. The molecule has 1 aliphatic heterocycles. The predicted molar refractivity (Wildman–Crippen MR) is 101 cm³/mol. The Kier molecular flexibility index (Phi) is 3.62. The van der Waals surface area contributed by atoms with Crippen LogP contribution in [0.2, 0.25) is 0 Å². The third-order valence-corrected chi connectivity index (χ3v) is 9.34. The van der Waals surface area contributed by atoms with E-state index >= 15 is 0 Å². The van der Waals surface area contributed by atoms with Crippen molar-refractivity contribution in [2.24, 2.45) is 28.6 Å². The molecular formula is C23H32O4. The molecule has 3 saturated carbocycles. The van der Waals surface area contributed by atoms with Crippen molar-refractivity contribution in [3.05, 3.63) is 11.6 Å². The number of carbonyl (C=O) groups excluding carboxylic acids is 2. The number of ether oxygens (including phenoxy) is 2. The molecule has 4 fully saturated rings. The van der Waals surface area contributed by atoms with E-state index in [-0.39, 0.29) is 34.8 Å². The summed E-state index contributed by atoms with van der Waals surface area (Å²) >= 11 is 0. The van der Waals surface area contributed by atoms with E-state index in [9.17, 15) is 9.59 Å². The number of ketones is 1. The summed E-state index contributed by atoms with van der Waals surface area (Å²) in [5, 5.41) is 0. The SMILES string of the molecule is CC(=O)O[C@@H]1CC[C@@]2(C)C(=CC[C@@H]3[C@@H]2CC[C@]2(C)[C@H]3C[C@@H]3O[C@@]32C(C)=O)C1. The predicted octanol–water partition coefficient (Wildman–Crippen LogP) is 4.22. The second-order valence-corrected chi connectivity index (χ2v) is 10.3. The van der Waals surface area contributed by atoms with E-state index < -0.39 is 5.60 Å². The minimum atomic E-state index is -0.472. The quantitative estimate of drug-likeness (QED) is 0.414. The summed E-state index contributed by atoms with van der Waals surface area (Å²) in [5.41, 5.74) is 1.30. The first-order chi connectivity index (χ1) is 12.7. The summed E-state index contributed by atoms with van der Waals surface area (Å²) in [4.78, 5) is 23.8. The zero-order valence-corrected chi connectivity index (χ0v) is 17.0. The maximum absolute atomic E-state index is 12.5. The van der Waals surface area contributed by atoms with Gasteiger partial charge in [-0.15, -0.1) is 0 Å². The fourth-order valence-electron chi connectivity index (χ4n) is 8.03. The van der Waals surface area contributed by atoms with E-state index in [1.165, 1.54) is 18.9 Å². The third kappa shape index (κ3) is 2.14. The van der Waals surface area contributed by atoms with Gasteiger partial charge in [-0.2, -0.15) is 0 Å². The van der Waals surface area contributed by atoms with Crippen molar-refractivity contribution in [1.82, 2.24) is 0 Å². The van der Waals surface area contributed by atoms with Crippen molar-refractivity contribution in [2.75, 3.05) is 0 Å². The Morgan fingerprint density at radius 2 is 1.93 bits per heavy atom. The average Bonchev–Trinajstić information content (AvgIpc) is 3.27. The van der Waals surface area contributed by atoms with Gasteiger partial charge in [0, 0.05) is 18.8 Å². The first kappa shape index (κ1) is 17.9. The van der Waals surface area contributed by atoms with Crippen molar-refractivity contribution in [1.29, 1.82) is 0 Å². The second kappa shape index (κ2) is 5.46. The van der Waals surface area contributed by atoms with Crippen molar-refractivity contribution in [2.45, 2.75) is 90.4 Å². The largest absolute Gasteiger partial charge is 0.462 e. The van der Waals surface area contributed by atoms with Gasteiger partial charge in [-0.05, 0) is 68.6 Å². The number of esters is 1. The van der Waals surface area contributed by atoms with Crippen LogP contribution >= 0.6 is 0 Å². The molecule has 0 bridgehead atoms. The highest BCUT2D eigenvalue weighted by atomic mass is 16.6. The van der Waals surface area contributed by atoms with Crippen LogP contribution in [0.3, 0.4) is 0 Å². The Morgan fingerprint density at radius 1 is 1.15 bits per heavy atom. The molecule has 0 amide bonds. The lowest BCUT2D eigenvalue weighted by molar-refractivity contribution is -0.149. The molecule has 8 atom stereocenters. The van der Waals surface area contributed by atoms with Crippen LogP contribution < -0.4 is 0 Å². The number of carbonyl (C=O) groups is 2. The highest BCUT2D eigenvalue weighted by molar-refractivity contribution is 5.90. The Hall–Kier alpha value is -1.16. The third-order valence-electron chi connectivity index (χ3n) is 9.34. The molecule has 0 unspecified atom stereocenters. The molecular weight excluding hydrogens is 340 g/mol. The summed E-state index contributed by atoms with van der Waals surface area (Å²) in [6.45, 7) is 8.03. The zero-order chi connectivity index (χ0) is 19.2. The van der Waals surface area contributed by atoms with Gasteiger partial charge in [-0.25, -0.2) is 0 Å². The van der Waals surface area contributed by atoms with E-state index in [1.54, 1.807) is 6.92 Å².